The van der Waals surface area contributed by atoms with E-state index in [0.717, 1.165) is 38.5 Å². The molecule has 0 unspecified atom stereocenters. The summed E-state index contributed by atoms with van der Waals surface area (Å²) in [6.07, 6.45) is 133. The van der Waals surface area contributed by atoms with E-state index in [1.54, 1.807) is 0 Å². The Morgan fingerprint density at radius 2 is 0.238 bits per heavy atom. The average Bonchev–Trinajstić information content (AvgIpc) is 0.969. The zero-order chi connectivity index (χ0) is 91.8. The summed E-state index contributed by atoms with van der Waals surface area (Å²) >= 11 is 0. The van der Waals surface area contributed by atoms with Crippen LogP contribution in [0.1, 0.15) is 619 Å². The Balaban J connectivity index is -0.00000144. The van der Waals surface area contributed by atoms with Gasteiger partial charge >= 0.3 is 0 Å². The lowest BCUT2D eigenvalue weighted by Crippen LogP contribution is -2.32. The highest BCUT2D eigenvalue weighted by Gasteiger charge is 2.05. The van der Waals surface area contributed by atoms with Crippen LogP contribution in [0.3, 0.4) is 0 Å². The third-order valence-electron chi connectivity index (χ3n) is 25.6. The standard InChI is InChI=1S/3C21H38N.3C18H36O2/c3*1-2-3-4-5-6-7-8-9-10-11-12-13-14-16-19-22-20-17-15-18-21-22;3*1-2-3-4-5-6-7-8-9-10-11-12-13-14-15-16-17-18(19)20/h3*15,17-18,20-21H,2-14,16,19H2,1H3;3*2-17H2,1H3,(H,19,20)/q3*+1;;;/p-3. The van der Waals surface area contributed by atoms with Crippen LogP contribution in [0.2, 0.25) is 0 Å². The number of carboxylic acid groups (broad SMARTS) is 3. The van der Waals surface area contributed by atoms with Gasteiger partial charge in [0.2, 0.25) is 0 Å². The lowest BCUT2D eigenvalue weighted by Gasteiger charge is -2.04. The van der Waals surface area contributed by atoms with Gasteiger partial charge in [0.15, 0.2) is 37.2 Å². The van der Waals surface area contributed by atoms with Crippen LogP contribution >= 0.6 is 0 Å². The number of pyridine rings is 3. The lowest BCUT2D eigenvalue weighted by atomic mass is 10.0. The van der Waals surface area contributed by atoms with Crippen molar-refractivity contribution in [3.63, 3.8) is 0 Å². The van der Waals surface area contributed by atoms with Gasteiger partial charge in [-0.3, -0.25) is 0 Å². The largest absolute Gasteiger partial charge is 0.550 e. The Morgan fingerprint density at radius 3 is 0.341 bits per heavy atom. The molecule has 3 heterocycles. The first-order valence-electron chi connectivity index (χ1n) is 56.5. The molecule has 0 aromatic carbocycles. The molecule has 0 aliphatic heterocycles. The molecule has 0 saturated heterocycles. The van der Waals surface area contributed by atoms with Gasteiger partial charge in [-0.25, -0.2) is 13.7 Å². The quantitative estimate of drug-likeness (QED) is 0.0408. The highest BCUT2D eigenvalue weighted by Crippen LogP contribution is 2.21. The van der Waals surface area contributed by atoms with Crippen LogP contribution in [-0.2, 0) is 34.0 Å². The molecule has 0 radical (unpaired) electrons. The van der Waals surface area contributed by atoms with E-state index in [1.807, 2.05) is 0 Å². The number of carbonyl (C=O) groups excluding carboxylic acids is 3. The second-order valence-corrected chi connectivity index (χ2v) is 38.3. The molecular formula is C117H219N3O6. The van der Waals surface area contributed by atoms with Crippen LogP contribution in [0.25, 0.3) is 0 Å². The van der Waals surface area contributed by atoms with Crippen LogP contribution in [-0.4, -0.2) is 17.9 Å². The van der Waals surface area contributed by atoms with Crippen molar-refractivity contribution in [3.05, 3.63) is 91.8 Å². The molecule has 0 aliphatic carbocycles. The number of aliphatic carboxylic acids is 3. The second kappa shape index (κ2) is 117. The molecule has 0 saturated carbocycles. The molecule has 9 nitrogen and oxygen atoms in total. The van der Waals surface area contributed by atoms with Gasteiger partial charge in [-0.05, 0) is 57.8 Å². The summed E-state index contributed by atoms with van der Waals surface area (Å²) in [5.41, 5.74) is 0. The predicted molar refractivity (Wildman–Crippen MR) is 545 cm³/mol. The summed E-state index contributed by atoms with van der Waals surface area (Å²) in [4.78, 5) is 30.7. The van der Waals surface area contributed by atoms with E-state index < -0.39 is 17.9 Å². The number of carboxylic acids is 3. The third kappa shape index (κ3) is 120. The SMILES string of the molecule is CCCCCCCCCCCCCCCCCC(=O)[O-].CCCCCCCCCCCCCCCCCC(=O)[O-].CCCCCCCCCCCCCCCCCC(=O)[O-].CCCCCCCCCCCCCCCC[n+]1ccccc1.CCCCCCCCCCCCCCCC[n+]1ccccc1.CCCCCCCCCCCCCCCC[n+]1ccccc1. The summed E-state index contributed by atoms with van der Waals surface area (Å²) in [6, 6.07) is 18.9. The summed E-state index contributed by atoms with van der Waals surface area (Å²) in [6.45, 7) is 17.2. The fourth-order valence-corrected chi connectivity index (χ4v) is 17.1. The van der Waals surface area contributed by atoms with Gasteiger partial charge < -0.3 is 29.7 Å². The first-order chi connectivity index (χ1) is 62.1. The zero-order valence-corrected chi connectivity index (χ0v) is 85.7. The second-order valence-electron chi connectivity index (χ2n) is 38.3. The van der Waals surface area contributed by atoms with Gasteiger partial charge in [0, 0.05) is 73.6 Å². The van der Waals surface area contributed by atoms with E-state index in [4.69, 9.17) is 0 Å². The number of aryl methyl sites for hydroxylation is 3. The van der Waals surface area contributed by atoms with Crippen molar-refractivity contribution in [2.45, 2.75) is 639 Å². The highest BCUT2D eigenvalue weighted by molar-refractivity contribution is 5.64. The molecule has 3 aromatic heterocycles. The molecule has 3 aromatic rings. The number of unbranched alkanes of at least 4 members (excludes halogenated alkanes) is 81. The first-order valence-corrected chi connectivity index (χ1v) is 56.5. The fourth-order valence-electron chi connectivity index (χ4n) is 17.1. The minimum atomic E-state index is -0.903. The van der Waals surface area contributed by atoms with Crippen molar-refractivity contribution < 1.29 is 43.4 Å². The third-order valence-corrected chi connectivity index (χ3v) is 25.6. The molecule has 738 valence electrons. The molecule has 0 spiro atoms. The molecule has 0 atom stereocenters. The van der Waals surface area contributed by atoms with Gasteiger partial charge in [-0.1, -0.05) is 561 Å². The monoisotopic (exact) mass is 1760 g/mol. The van der Waals surface area contributed by atoms with Gasteiger partial charge in [0.05, 0.1) is 0 Å². The smallest absolute Gasteiger partial charge is 0.168 e. The molecule has 0 aliphatic rings. The number of nitrogens with zero attached hydrogens (tertiary/aromatic N) is 3. The summed E-state index contributed by atoms with van der Waals surface area (Å²) in [5.74, 6) is -2.71. The summed E-state index contributed by atoms with van der Waals surface area (Å²) < 4.78 is 6.88. The number of carbonyl (C=O) groups is 3. The van der Waals surface area contributed by atoms with Crippen molar-refractivity contribution in [1.29, 1.82) is 0 Å². The van der Waals surface area contributed by atoms with Crippen LogP contribution in [0.4, 0.5) is 0 Å². The van der Waals surface area contributed by atoms with Crippen LogP contribution in [0.15, 0.2) is 91.8 Å². The van der Waals surface area contributed by atoms with Crippen molar-refractivity contribution >= 4 is 17.9 Å². The van der Waals surface area contributed by atoms with Gasteiger partial charge in [-0.15, -0.1) is 0 Å². The Morgan fingerprint density at radius 1 is 0.143 bits per heavy atom. The maximum absolute atomic E-state index is 10.2. The maximum Gasteiger partial charge on any atom is 0.168 e. The topological polar surface area (TPSA) is 132 Å². The van der Waals surface area contributed by atoms with Crippen LogP contribution in [0, 0.1) is 0 Å². The predicted octanol–water partition coefficient (Wildman–Crippen LogP) is 34.4. The van der Waals surface area contributed by atoms with Gasteiger partial charge in [0.1, 0.15) is 19.6 Å². The summed E-state index contributed by atoms with van der Waals surface area (Å²) in [7, 11) is 0. The average molecular weight is 1760 g/mol. The summed E-state index contributed by atoms with van der Waals surface area (Å²) in [5, 5.41) is 30.7. The van der Waals surface area contributed by atoms with Crippen molar-refractivity contribution in [1.82, 2.24) is 0 Å². The maximum atomic E-state index is 10.2. The first kappa shape index (κ1) is 126. The van der Waals surface area contributed by atoms with E-state index in [-0.39, 0.29) is 19.3 Å². The van der Waals surface area contributed by atoms with E-state index in [0.29, 0.717) is 0 Å². The fraction of sp³-hybridized carbons (Fsp3) is 0.846. The molecule has 3 rings (SSSR count). The minimum absolute atomic E-state index is 0.234. The highest BCUT2D eigenvalue weighted by atomic mass is 16.4. The van der Waals surface area contributed by atoms with Crippen LogP contribution in [0.5, 0.6) is 0 Å². The van der Waals surface area contributed by atoms with E-state index in [9.17, 15) is 29.7 Å². The Labute approximate surface area is 787 Å². The number of aromatic nitrogens is 3. The molecule has 0 N–H and O–H groups in total. The van der Waals surface area contributed by atoms with Crippen molar-refractivity contribution in [2.24, 2.45) is 0 Å². The van der Waals surface area contributed by atoms with E-state index >= 15 is 0 Å². The molecular weight excluding hydrogens is 1540 g/mol. The van der Waals surface area contributed by atoms with Gasteiger partial charge in [-0.2, -0.15) is 0 Å². The van der Waals surface area contributed by atoms with Crippen molar-refractivity contribution in [3.8, 4) is 0 Å². The Kier molecular flexibility index (Phi) is 117. The number of hydrogen-bond acceptors (Lipinski definition) is 6. The molecule has 0 amide bonds. The molecule has 0 fully saturated rings. The zero-order valence-electron chi connectivity index (χ0n) is 85.7. The molecule has 0 bridgehead atoms. The lowest BCUT2D eigenvalue weighted by molar-refractivity contribution is -0.697. The van der Waals surface area contributed by atoms with Crippen LogP contribution < -0.4 is 29.0 Å². The number of rotatable bonds is 93. The van der Waals surface area contributed by atoms with Gasteiger partial charge in [0.25, 0.3) is 0 Å². The molecule has 126 heavy (non-hydrogen) atoms. The minimum Gasteiger partial charge on any atom is -0.550 e. The molecule has 9 heteroatoms. The van der Waals surface area contributed by atoms with Crippen molar-refractivity contribution in [2.75, 3.05) is 0 Å². The normalized spacial score (nSPS) is 10.9. The number of hydrogen-bond donors (Lipinski definition) is 0. The Hall–Kier alpha value is -4.14. The van der Waals surface area contributed by atoms with E-state index in [1.165, 1.54) is 540 Å². The Bertz CT molecular complexity index is 2160. The van der Waals surface area contributed by atoms with E-state index in [2.05, 4.69) is 147 Å².